The molecule has 1 aromatic carbocycles. The number of hydrogen-bond acceptors (Lipinski definition) is 4. The van der Waals surface area contributed by atoms with Crippen molar-refractivity contribution in [3.8, 4) is 17.1 Å². The van der Waals surface area contributed by atoms with Gasteiger partial charge in [-0.2, -0.15) is 5.10 Å². The molecule has 0 aliphatic carbocycles. The number of rotatable bonds is 3. The van der Waals surface area contributed by atoms with Gasteiger partial charge in [-0.15, -0.1) is 0 Å². The van der Waals surface area contributed by atoms with Crippen molar-refractivity contribution in [3.05, 3.63) is 30.1 Å². The Balaban J connectivity index is 1.99. The Labute approximate surface area is 111 Å². The third kappa shape index (κ3) is 2.21. The van der Waals surface area contributed by atoms with Crippen LogP contribution in [0.2, 0.25) is 0 Å². The summed E-state index contributed by atoms with van der Waals surface area (Å²) in [5.74, 6) is 2.51. The van der Waals surface area contributed by atoms with Crippen LogP contribution in [-0.4, -0.2) is 33.6 Å². The summed E-state index contributed by atoms with van der Waals surface area (Å²) in [6.45, 7) is 1.01. The number of fused-ring (bicyclic) bond motifs is 1. The zero-order valence-electron chi connectivity index (χ0n) is 10.9. The summed E-state index contributed by atoms with van der Waals surface area (Å²) in [4.78, 5) is 4.58. The molecule has 5 nitrogen and oxygen atoms in total. The highest BCUT2D eigenvalue weighted by Gasteiger charge is 2.24. The second-order valence-corrected chi connectivity index (χ2v) is 4.77. The molecule has 0 amide bonds. The van der Waals surface area contributed by atoms with Crippen LogP contribution in [-0.2, 0) is 6.54 Å². The van der Waals surface area contributed by atoms with Crippen LogP contribution in [0.15, 0.2) is 24.3 Å². The lowest BCUT2D eigenvalue weighted by atomic mass is 10.0. The molecular formula is C14H17N3O2. The van der Waals surface area contributed by atoms with Crippen LogP contribution in [0.25, 0.3) is 11.4 Å². The lowest BCUT2D eigenvalue weighted by Gasteiger charge is -2.19. The molecule has 2 heterocycles. The fraction of sp³-hybridized carbons (Fsp3) is 0.429. The van der Waals surface area contributed by atoms with Crippen molar-refractivity contribution in [3.63, 3.8) is 0 Å². The van der Waals surface area contributed by atoms with Crippen LogP contribution in [0, 0.1) is 0 Å². The summed E-state index contributed by atoms with van der Waals surface area (Å²) in [6, 6.07) is 7.72. The average Bonchev–Trinajstić information content (AvgIpc) is 2.91. The zero-order valence-corrected chi connectivity index (χ0v) is 10.9. The molecule has 5 heteroatoms. The van der Waals surface area contributed by atoms with Crippen molar-refractivity contribution in [2.75, 3.05) is 13.7 Å². The molecule has 0 bridgehead atoms. The van der Waals surface area contributed by atoms with E-state index in [0.29, 0.717) is 5.82 Å². The van der Waals surface area contributed by atoms with E-state index in [9.17, 15) is 5.11 Å². The average molecular weight is 259 g/mol. The van der Waals surface area contributed by atoms with Gasteiger partial charge in [-0.05, 0) is 25.0 Å². The van der Waals surface area contributed by atoms with E-state index < -0.39 is 0 Å². The molecule has 1 atom stereocenters. The van der Waals surface area contributed by atoms with Crippen molar-refractivity contribution >= 4 is 0 Å². The SMILES string of the molecule is COc1cccc(-c2nc3n(n2)CCCC3CO)c1. The third-order valence-electron chi connectivity index (χ3n) is 3.54. The quantitative estimate of drug-likeness (QED) is 0.913. The van der Waals surface area contributed by atoms with Gasteiger partial charge in [0.1, 0.15) is 11.6 Å². The molecule has 0 fully saturated rings. The summed E-state index contributed by atoms with van der Waals surface area (Å²) in [5.41, 5.74) is 0.943. The zero-order chi connectivity index (χ0) is 13.2. The van der Waals surface area contributed by atoms with Crippen LogP contribution >= 0.6 is 0 Å². The highest BCUT2D eigenvalue weighted by atomic mass is 16.5. The second-order valence-electron chi connectivity index (χ2n) is 4.77. The van der Waals surface area contributed by atoms with E-state index in [1.807, 2.05) is 28.9 Å². The maximum atomic E-state index is 9.40. The van der Waals surface area contributed by atoms with E-state index in [1.54, 1.807) is 7.11 Å². The van der Waals surface area contributed by atoms with Crippen LogP contribution in [0.4, 0.5) is 0 Å². The Kier molecular flexibility index (Phi) is 3.21. The van der Waals surface area contributed by atoms with Crippen molar-refractivity contribution in [2.45, 2.75) is 25.3 Å². The number of aryl methyl sites for hydroxylation is 1. The highest BCUT2D eigenvalue weighted by molar-refractivity contribution is 5.57. The summed E-state index contributed by atoms with van der Waals surface area (Å²) in [5, 5.41) is 13.9. The van der Waals surface area contributed by atoms with Gasteiger partial charge in [-0.25, -0.2) is 9.67 Å². The Morgan fingerprint density at radius 2 is 2.37 bits per heavy atom. The largest absolute Gasteiger partial charge is 0.497 e. The summed E-state index contributed by atoms with van der Waals surface area (Å²) < 4.78 is 7.13. The standard InChI is InChI=1S/C14H17N3O2/c1-19-12-6-2-4-10(8-12)13-15-14-11(9-18)5-3-7-17(14)16-13/h2,4,6,8,11,18H,3,5,7,9H2,1H3. The van der Waals surface area contributed by atoms with E-state index >= 15 is 0 Å². The van der Waals surface area contributed by atoms with Gasteiger partial charge in [0.05, 0.1) is 13.7 Å². The lowest BCUT2D eigenvalue weighted by Crippen LogP contribution is -2.19. The fourth-order valence-electron chi connectivity index (χ4n) is 2.49. The van der Waals surface area contributed by atoms with Gasteiger partial charge in [-0.1, -0.05) is 12.1 Å². The van der Waals surface area contributed by atoms with E-state index in [0.717, 1.165) is 36.5 Å². The summed E-state index contributed by atoms with van der Waals surface area (Å²) in [7, 11) is 1.65. The maximum Gasteiger partial charge on any atom is 0.181 e. The van der Waals surface area contributed by atoms with E-state index in [1.165, 1.54) is 0 Å². The topological polar surface area (TPSA) is 60.2 Å². The molecule has 0 saturated heterocycles. The molecule has 1 aliphatic heterocycles. The predicted molar refractivity (Wildman–Crippen MR) is 71.1 cm³/mol. The number of aliphatic hydroxyl groups is 1. The first-order chi connectivity index (χ1) is 9.31. The van der Waals surface area contributed by atoms with E-state index in [-0.39, 0.29) is 12.5 Å². The van der Waals surface area contributed by atoms with Crippen LogP contribution in [0.3, 0.4) is 0 Å². The van der Waals surface area contributed by atoms with E-state index in [2.05, 4.69) is 10.1 Å². The minimum Gasteiger partial charge on any atom is -0.497 e. The molecule has 19 heavy (non-hydrogen) atoms. The molecule has 1 aliphatic rings. The molecule has 2 aromatic rings. The minimum atomic E-state index is 0.112. The molecule has 3 rings (SSSR count). The Bertz CT molecular complexity index is 580. The smallest absolute Gasteiger partial charge is 0.181 e. The van der Waals surface area contributed by atoms with Gasteiger partial charge < -0.3 is 9.84 Å². The number of hydrogen-bond donors (Lipinski definition) is 1. The number of aliphatic hydroxyl groups excluding tert-OH is 1. The molecule has 1 unspecified atom stereocenters. The van der Waals surface area contributed by atoms with Crippen LogP contribution < -0.4 is 4.74 Å². The first kappa shape index (κ1) is 12.2. The van der Waals surface area contributed by atoms with Crippen LogP contribution in [0.1, 0.15) is 24.6 Å². The predicted octanol–water partition coefficient (Wildman–Crippen LogP) is 1.82. The van der Waals surface area contributed by atoms with Gasteiger partial charge in [0.2, 0.25) is 0 Å². The Morgan fingerprint density at radius 3 is 3.16 bits per heavy atom. The Morgan fingerprint density at radius 1 is 1.47 bits per heavy atom. The van der Waals surface area contributed by atoms with Gasteiger partial charge in [0.25, 0.3) is 0 Å². The third-order valence-corrected chi connectivity index (χ3v) is 3.54. The molecule has 0 saturated carbocycles. The lowest BCUT2D eigenvalue weighted by molar-refractivity contribution is 0.234. The maximum absolute atomic E-state index is 9.40. The number of nitrogens with zero attached hydrogens (tertiary/aromatic N) is 3. The van der Waals surface area contributed by atoms with Crippen molar-refractivity contribution in [1.29, 1.82) is 0 Å². The minimum absolute atomic E-state index is 0.112. The fourth-order valence-corrected chi connectivity index (χ4v) is 2.49. The van der Waals surface area contributed by atoms with Gasteiger partial charge in [0, 0.05) is 18.0 Å². The Hall–Kier alpha value is -1.88. The van der Waals surface area contributed by atoms with Gasteiger partial charge in [0.15, 0.2) is 5.82 Å². The van der Waals surface area contributed by atoms with Crippen molar-refractivity contribution in [1.82, 2.24) is 14.8 Å². The molecule has 100 valence electrons. The number of aromatic nitrogens is 3. The normalized spacial score (nSPS) is 18.1. The number of benzene rings is 1. The summed E-state index contributed by atoms with van der Waals surface area (Å²) in [6.07, 6.45) is 2.02. The molecule has 0 radical (unpaired) electrons. The van der Waals surface area contributed by atoms with Crippen molar-refractivity contribution in [2.24, 2.45) is 0 Å². The monoisotopic (exact) mass is 259 g/mol. The summed E-state index contributed by atoms with van der Waals surface area (Å²) >= 11 is 0. The number of ether oxygens (including phenoxy) is 1. The first-order valence-corrected chi connectivity index (χ1v) is 6.52. The van der Waals surface area contributed by atoms with Crippen LogP contribution in [0.5, 0.6) is 5.75 Å². The molecule has 1 aromatic heterocycles. The molecular weight excluding hydrogens is 242 g/mol. The number of methoxy groups -OCH3 is 1. The first-order valence-electron chi connectivity index (χ1n) is 6.52. The second kappa shape index (κ2) is 5.01. The van der Waals surface area contributed by atoms with E-state index in [4.69, 9.17) is 4.74 Å². The highest BCUT2D eigenvalue weighted by Crippen LogP contribution is 2.28. The van der Waals surface area contributed by atoms with Gasteiger partial charge in [-0.3, -0.25) is 0 Å². The molecule has 1 N–H and O–H groups in total. The molecule has 0 spiro atoms. The van der Waals surface area contributed by atoms with Gasteiger partial charge >= 0.3 is 0 Å². The van der Waals surface area contributed by atoms with Crippen molar-refractivity contribution < 1.29 is 9.84 Å².